The Morgan fingerprint density at radius 1 is 0.522 bits per heavy atom. The predicted octanol–water partition coefficient (Wildman–Crippen LogP) is 7.09. The maximum absolute atomic E-state index is 13.9. The largest absolute Gasteiger partial charge is 0.449 e. The number of nitro benzene ring substituents is 2. The van der Waals surface area contributed by atoms with E-state index < -0.39 is 58.6 Å². The SMILES string of the molecule is O=C(NC(Cc1ccc([N+](=O)[O-])cc1)C(=O)NCCC(CO)NC(=O)C(Cc1ccc([N+](=O)[O-])cc1)NC(=O)OCC1c2ccccc2-c2ccccc21)OCC1c2ccccc2-c2ccccc21. The van der Waals surface area contributed by atoms with Crippen molar-refractivity contribution in [1.29, 1.82) is 0 Å². The zero-order chi connectivity index (χ0) is 48.4. The van der Waals surface area contributed by atoms with Gasteiger partial charge in [-0.3, -0.25) is 29.8 Å². The van der Waals surface area contributed by atoms with Gasteiger partial charge in [-0.1, -0.05) is 121 Å². The number of alkyl carbamates (subject to hydrolysis) is 2. The lowest BCUT2D eigenvalue weighted by molar-refractivity contribution is -0.385. The molecular formula is C52H48N6O11. The highest BCUT2D eigenvalue weighted by Gasteiger charge is 2.32. The summed E-state index contributed by atoms with van der Waals surface area (Å²) in [5.41, 5.74) is 8.87. The standard InChI is InChI=1S/C52H48N6O11/c59-29-34(54-50(61)48(28-33-19-23-36(24-20-33)58(66)67)56-52(63)69-31-46-43-15-7-3-11-39(43)40-12-4-8-16-44(40)46)25-26-53-49(60)47(27-32-17-21-35(22-18-32)57(64)65)55-51(62)68-30-45-41-13-5-1-9-37(41)38-10-2-6-14-42(38)45/h1-24,34,45-48,59H,25-31H2,(H,53,60)(H,54,61)(H,55,62)(H,56,63). The number of benzene rings is 6. The van der Waals surface area contributed by atoms with Crippen molar-refractivity contribution < 1.29 is 43.6 Å². The number of fused-ring (bicyclic) bond motifs is 6. The second-order valence-electron chi connectivity index (χ2n) is 16.8. The Kier molecular flexibility index (Phi) is 14.6. The Labute approximate surface area is 396 Å². The molecule has 0 saturated carbocycles. The minimum atomic E-state index is -1.25. The molecule has 5 N–H and O–H groups in total. The van der Waals surface area contributed by atoms with Crippen LogP contribution in [0.25, 0.3) is 22.3 Å². The molecule has 0 radical (unpaired) electrons. The van der Waals surface area contributed by atoms with Crippen LogP contribution in [0.5, 0.6) is 0 Å². The molecule has 2 aliphatic rings. The first-order chi connectivity index (χ1) is 33.5. The maximum atomic E-state index is 13.9. The zero-order valence-electron chi connectivity index (χ0n) is 37.1. The van der Waals surface area contributed by atoms with Gasteiger partial charge >= 0.3 is 12.2 Å². The lowest BCUT2D eigenvalue weighted by atomic mass is 9.98. The second-order valence-corrected chi connectivity index (χ2v) is 16.8. The van der Waals surface area contributed by atoms with Crippen molar-refractivity contribution in [3.8, 4) is 22.3 Å². The number of hydrogen-bond donors (Lipinski definition) is 5. The molecule has 352 valence electrons. The number of aliphatic hydroxyl groups is 1. The third kappa shape index (κ3) is 11.1. The maximum Gasteiger partial charge on any atom is 0.407 e. The first-order valence-electron chi connectivity index (χ1n) is 22.4. The van der Waals surface area contributed by atoms with Crippen LogP contribution in [0.1, 0.15) is 51.6 Å². The van der Waals surface area contributed by atoms with Crippen molar-refractivity contribution in [2.24, 2.45) is 0 Å². The zero-order valence-corrected chi connectivity index (χ0v) is 37.1. The van der Waals surface area contributed by atoms with E-state index in [1.165, 1.54) is 48.5 Å². The highest BCUT2D eigenvalue weighted by molar-refractivity contribution is 5.87. The van der Waals surface area contributed by atoms with Gasteiger partial charge in [0.2, 0.25) is 11.8 Å². The molecular weight excluding hydrogens is 885 g/mol. The van der Waals surface area contributed by atoms with Gasteiger partial charge in [0.15, 0.2) is 0 Å². The van der Waals surface area contributed by atoms with E-state index >= 15 is 0 Å². The number of carbonyl (C=O) groups is 4. The summed E-state index contributed by atoms with van der Waals surface area (Å²) in [6, 6.07) is 39.1. The molecule has 0 fully saturated rings. The lowest BCUT2D eigenvalue weighted by Crippen LogP contribution is -2.52. The van der Waals surface area contributed by atoms with Crippen LogP contribution in [-0.4, -0.2) is 83.4 Å². The summed E-state index contributed by atoms with van der Waals surface area (Å²) < 4.78 is 11.4. The van der Waals surface area contributed by atoms with Crippen molar-refractivity contribution >= 4 is 35.4 Å². The number of non-ortho nitro benzene ring substituents is 2. The number of hydrogen-bond acceptors (Lipinski definition) is 11. The molecule has 8 rings (SSSR count). The molecule has 0 saturated heterocycles. The Hall–Kier alpha value is -8.44. The van der Waals surface area contributed by atoms with Gasteiger partial charge in [-0.15, -0.1) is 0 Å². The number of ether oxygens (including phenoxy) is 2. The molecule has 17 heteroatoms. The number of nitro groups is 2. The van der Waals surface area contributed by atoms with Gasteiger partial charge in [0.05, 0.1) is 22.5 Å². The Morgan fingerprint density at radius 3 is 1.25 bits per heavy atom. The minimum absolute atomic E-state index is 0.00898. The number of aliphatic hydroxyl groups excluding tert-OH is 1. The van der Waals surface area contributed by atoms with Crippen molar-refractivity contribution in [3.05, 3.63) is 199 Å². The normalized spacial score (nSPS) is 13.6. The Balaban J connectivity index is 0.903. The lowest BCUT2D eigenvalue weighted by Gasteiger charge is -2.24. The molecule has 0 heterocycles. The van der Waals surface area contributed by atoms with Crippen LogP contribution < -0.4 is 21.3 Å². The number of nitrogens with zero attached hydrogens (tertiary/aromatic N) is 2. The molecule has 6 aromatic carbocycles. The van der Waals surface area contributed by atoms with E-state index in [2.05, 4.69) is 21.3 Å². The van der Waals surface area contributed by atoms with Gasteiger partial charge in [0.1, 0.15) is 25.3 Å². The van der Waals surface area contributed by atoms with Crippen molar-refractivity contribution in [2.75, 3.05) is 26.4 Å². The average molecular weight is 933 g/mol. The predicted molar refractivity (Wildman–Crippen MR) is 254 cm³/mol. The van der Waals surface area contributed by atoms with Gasteiger partial charge in [-0.05, 0) is 62.1 Å². The summed E-state index contributed by atoms with van der Waals surface area (Å²) in [5, 5.41) is 43.8. The summed E-state index contributed by atoms with van der Waals surface area (Å²) in [4.78, 5) is 76.0. The summed E-state index contributed by atoms with van der Waals surface area (Å²) in [6.07, 6.45) is -1.87. The molecule has 0 bridgehead atoms. The molecule has 4 amide bonds. The summed E-state index contributed by atoms with van der Waals surface area (Å²) in [6.45, 7) is -0.668. The molecule has 0 aliphatic heterocycles. The van der Waals surface area contributed by atoms with E-state index in [0.29, 0.717) is 11.1 Å². The highest BCUT2D eigenvalue weighted by Crippen LogP contribution is 2.45. The molecule has 0 aromatic heterocycles. The van der Waals surface area contributed by atoms with E-state index in [1.807, 2.05) is 97.1 Å². The van der Waals surface area contributed by atoms with Crippen LogP contribution in [0.3, 0.4) is 0 Å². The highest BCUT2D eigenvalue weighted by atomic mass is 16.6. The topological polar surface area (TPSA) is 241 Å². The first kappa shape index (κ1) is 47.1. The number of amides is 4. The average Bonchev–Trinajstić information content (AvgIpc) is 3.86. The van der Waals surface area contributed by atoms with Crippen molar-refractivity contribution in [3.63, 3.8) is 0 Å². The molecule has 3 unspecified atom stereocenters. The summed E-state index contributed by atoms with van der Waals surface area (Å²) in [5.74, 6) is -1.81. The number of nitrogens with one attached hydrogen (secondary N) is 4. The smallest absolute Gasteiger partial charge is 0.407 e. The Morgan fingerprint density at radius 2 is 0.884 bits per heavy atom. The quantitative estimate of drug-likeness (QED) is 0.0406. The van der Waals surface area contributed by atoms with E-state index in [9.17, 15) is 44.5 Å². The van der Waals surface area contributed by atoms with Crippen LogP contribution in [0.4, 0.5) is 21.0 Å². The van der Waals surface area contributed by atoms with Crippen LogP contribution in [0, 0.1) is 20.2 Å². The fourth-order valence-corrected chi connectivity index (χ4v) is 8.97. The third-order valence-corrected chi connectivity index (χ3v) is 12.4. The monoisotopic (exact) mass is 932 g/mol. The minimum Gasteiger partial charge on any atom is -0.449 e. The number of rotatable bonds is 19. The van der Waals surface area contributed by atoms with Gasteiger partial charge in [0, 0.05) is 55.5 Å². The molecule has 0 spiro atoms. The second kappa shape index (κ2) is 21.5. The molecule has 69 heavy (non-hydrogen) atoms. The van der Waals surface area contributed by atoms with E-state index in [1.54, 1.807) is 0 Å². The van der Waals surface area contributed by atoms with Crippen LogP contribution in [0.15, 0.2) is 146 Å². The van der Waals surface area contributed by atoms with E-state index in [0.717, 1.165) is 44.5 Å². The van der Waals surface area contributed by atoms with Crippen LogP contribution in [-0.2, 0) is 31.9 Å². The van der Waals surface area contributed by atoms with Crippen molar-refractivity contribution in [1.82, 2.24) is 21.3 Å². The van der Waals surface area contributed by atoms with Gasteiger partial charge < -0.3 is 35.8 Å². The van der Waals surface area contributed by atoms with Crippen LogP contribution >= 0.6 is 0 Å². The first-order valence-corrected chi connectivity index (χ1v) is 22.4. The van der Waals surface area contributed by atoms with E-state index in [-0.39, 0.29) is 62.2 Å². The van der Waals surface area contributed by atoms with Gasteiger partial charge in [0.25, 0.3) is 11.4 Å². The molecule has 3 atom stereocenters. The summed E-state index contributed by atoms with van der Waals surface area (Å²) in [7, 11) is 0. The van der Waals surface area contributed by atoms with Gasteiger partial charge in [-0.2, -0.15) is 0 Å². The summed E-state index contributed by atoms with van der Waals surface area (Å²) >= 11 is 0. The van der Waals surface area contributed by atoms with Crippen LogP contribution in [0.2, 0.25) is 0 Å². The molecule has 17 nitrogen and oxygen atoms in total. The Bertz CT molecular complexity index is 2780. The van der Waals surface area contributed by atoms with E-state index in [4.69, 9.17) is 9.47 Å². The third-order valence-electron chi connectivity index (χ3n) is 12.4. The molecule has 6 aromatic rings. The fraction of sp³-hybridized carbons (Fsp3) is 0.231. The van der Waals surface area contributed by atoms with Gasteiger partial charge in [-0.25, -0.2) is 9.59 Å². The van der Waals surface area contributed by atoms with Crippen molar-refractivity contribution in [2.45, 2.75) is 49.2 Å². The fourth-order valence-electron chi connectivity index (χ4n) is 8.97. The molecule has 2 aliphatic carbocycles. The number of carbonyl (C=O) groups excluding carboxylic acids is 4.